The van der Waals surface area contributed by atoms with Gasteiger partial charge in [-0.2, -0.15) is 0 Å². The molecule has 2 N–H and O–H groups in total. The zero-order valence-corrected chi connectivity index (χ0v) is 12.2. The molecule has 1 aromatic heterocycles. The van der Waals surface area contributed by atoms with Crippen LogP contribution in [0.25, 0.3) is 0 Å². The number of fused-ring (bicyclic) bond motifs is 1. The van der Waals surface area contributed by atoms with Crippen molar-refractivity contribution in [2.24, 2.45) is 0 Å². The Morgan fingerprint density at radius 2 is 2.14 bits per heavy atom. The van der Waals surface area contributed by atoms with Gasteiger partial charge in [-0.15, -0.1) is 0 Å². The number of hydrogen-bond donors (Lipinski definition) is 2. The normalized spacial score (nSPS) is 13.6. The fraction of sp³-hybridized carbons (Fsp3) is 0.308. The third-order valence-corrected chi connectivity index (χ3v) is 4.44. The molecule has 1 aromatic carbocycles. The van der Waals surface area contributed by atoms with Crippen LogP contribution in [0, 0.1) is 0 Å². The second kappa shape index (κ2) is 5.38. The Kier molecular flexibility index (Phi) is 3.56. The van der Waals surface area contributed by atoms with Crippen molar-refractivity contribution >= 4 is 10.0 Å². The lowest BCUT2D eigenvalue weighted by molar-refractivity contribution is 0.174. The highest BCUT2D eigenvalue weighted by Crippen LogP contribution is 2.32. The van der Waals surface area contributed by atoms with Crippen molar-refractivity contribution in [2.45, 2.75) is 24.9 Å². The van der Waals surface area contributed by atoms with Gasteiger partial charge in [0.05, 0.1) is 6.20 Å². The molecule has 0 atom stereocenters. The van der Waals surface area contributed by atoms with Gasteiger partial charge in [0, 0.05) is 13.0 Å². The minimum absolute atomic E-state index is 0.0695. The Bertz CT molecular complexity index is 755. The van der Waals surface area contributed by atoms with Crippen molar-refractivity contribution in [3.8, 4) is 11.5 Å². The maximum atomic E-state index is 12.1. The molecule has 3 rings (SSSR count). The van der Waals surface area contributed by atoms with Crippen LogP contribution in [0.2, 0.25) is 0 Å². The molecular formula is C13H15N3O4S. The molecule has 0 saturated heterocycles. The number of sulfonamides is 1. The highest BCUT2D eigenvalue weighted by Gasteiger charge is 2.18. The van der Waals surface area contributed by atoms with Gasteiger partial charge in [-0.1, -0.05) is 13.0 Å². The van der Waals surface area contributed by atoms with Gasteiger partial charge in [0.25, 0.3) is 10.0 Å². The summed E-state index contributed by atoms with van der Waals surface area (Å²) in [6.45, 7) is 2.26. The van der Waals surface area contributed by atoms with Crippen LogP contribution in [-0.4, -0.2) is 25.2 Å². The summed E-state index contributed by atoms with van der Waals surface area (Å²) in [5, 5.41) is 0.0695. The monoisotopic (exact) mass is 309 g/mol. The molecule has 0 spiro atoms. The maximum Gasteiger partial charge on any atom is 0.257 e. The zero-order chi connectivity index (χ0) is 14.9. The fourth-order valence-corrected chi connectivity index (χ4v) is 2.92. The van der Waals surface area contributed by atoms with Gasteiger partial charge in [-0.3, -0.25) is 0 Å². The number of imidazole rings is 1. The zero-order valence-electron chi connectivity index (χ0n) is 11.4. The third kappa shape index (κ3) is 2.86. The van der Waals surface area contributed by atoms with E-state index in [1.54, 1.807) is 18.2 Å². The van der Waals surface area contributed by atoms with Gasteiger partial charge in [0.2, 0.25) is 6.79 Å². The molecular weight excluding hydrogens is 294 g/mol. The molecule has 0 saturated carbocycles. The first kappa shape index (κ1) is 13.9. The van der Waals surface area contributed by atoms with E-state index >= 15 is 0 Å². The van der Waals surface area contributed by atoms with Gasteiger partial charge in [-0.25, -0.2) is 18.1 Å². The first-order valence-corrected chi connectivity index (χ1v) is 7.99. The second-order valence-electron chi connectivity index (χ2n) is 4.56. The molecule has 7 nitrogen and oxygen atoms in total. The Morgan fingerprint density at radius 3 is 2.90 bits per heavy atom. The van der Waals surface area contributed by atoms with E-state index in [0.717, 1.165) is 5.56 Å². The number of aromatic nitrogens is 2. The lowest BCUT2D eigenvalue weighted by atomic mass is 10.2. The Morgan fingerprint density at radius 1 is 1.33 bits per heavy atom. The standard InChI is InChI=1S/C13H15N3O4S/c1-2-12-14-7-13(16-12)21(17,18)15-6-9-3-4-10-11(5-9)20-8-19-10/h3-5,7,15H,2,6,8H2,1H3,(H,14,16). The third-order valence-electron chi connectivity index (χ3n) is 3.13. The van der Waals surface area contributed by atoms with Crippen LogP contribution in [-0.2, 0) is 23.0 Å². The summed E-state index contributed by atoms with van der Waals surface area (Å²) in [6, 6.07) is 5.31. The molecule has 0 aliphatic carbocycles. The highest BCUT2D eigenvalue weighted by atomic mass is 32.2. The van der Waals surface area contributed by atoms with Crippen LogP contribution >= 0.6 is 0 Å². The molecule has 0 bridgehead atoms. The molecule has 0 fully saturated rings. The number of nitrogens with one attached hydrogen (secondary N) is 2. The maximum absolute atomic E-state index is 12.1. The smallest absolute Gasteiger partial charge is 0.257 e. The predicted octanol–water partition coefficient (Wildman–Crippen LogP) is 1.18. The highest BCUT2D eigenvalue weighted by molar-refractivity contribution is 7.89. The van der Waals surface area contributed by atoms with E-state index in [2.05, 4.69) is 14.7 Å². The average molecular weight is 309 g/mol. The summed E-state index contributed by atoms with van der Waals surface area (Å²) in [5.74, 6) is 1.93. The minimum Gasteiger partial charge on any atom is -0.454 e. The number of aryl methyl sites for hydroxylation is 1. The lowest BCUT2D eigenvalue weighted by Crippen LogP contribution is -2.23. The van der Waals surface area contributed by atoms with Crippen molar-refractivity contribution < 1.29 is 17.9 Å². The number of benzene rings is 1. The summed E-state index contributed by atoms with van der Waals surface area (Å²) in [4.78, 5) is 6.77. The van der Waals surface area contributed by atoms with Gasteiger partial charge < -0.3 is 14.5 Å². The van der Waals surface area contributed by atoms with Crippen LogP contribution in [0.1, 0.15) is 18.3 Å². The molecule has 112 valence electrons. The Balaban J connectivity index is 1.71. The number of ether oxygens (including phenoxy) is 2. The number of nitrogens with zero attached hydrogens (tertiary/aromatic N) is 1. The van der Waals surface area contributed by atoms with Gasteiger partial charge >= 0.3 is 0 Å². The van der Waals surface area contributed by atoms with Crippen molar-refractivity contribution in [2.75, 3.05) is 6.79 Å². The van der Waals surface area contributed by atoms with Gasteiger partial charge in [0.1, 0.15) is 5.82 Å². The second-order valence-corrected chi connectivity index (χ2v) is 6.30. The molecule has 0 radical (unpaired) electrons. The van der Waals surface area contributed by atoms with Crippen LogP contribution in [0.5, 0.6) is 11.5 Å². The van der Waals surface area contributed by atoms with Crippen molar-refractivity contribution in [1.29, 1.82) is 0 Å². The molecule has 8 heteroatoms. The average Bonchev–Trinajstić information content (AvgIpc) is 3.13. The molecule has 0 unspecified atom stereocenters. The van der Waals surface area contributed by atoms with Crippen molar-refractivity contribution in [3.05, 3.63) is 35.8 Å². The van der Waals surface area contributed by atoms with Gasteiger partial charge in [-0.05, 0) is 17.7 Å². The van der Waals surface area contributed by atoms with Crippen LogP contribution < -0.4 is 14.2 Å². The first-order chi connectivity index (χ1) is 10.1. The van der Waals surface area contributed by atoms with Gasteiger partial charge in [0.15, 0.2) is 16.5 Å². The minimum atomic E-state index is -3.60. The molecule has 2 heterocycles. The molecule has 1 aliphatic rings. The number of hydrogen-bond acceptors (Lipinski definition) is 5. The van der Waals surface area contributed by atoms with E-state index in [1.807, 2.05) is 6.92 Å². The Labute approximate surface area is 122 Å². The SMILES string of the molecule is CCc1ncc(S(=O)(=O)NCc2ccc3c(c2)OCO3)[nH]1. The van der Waals surface area contributed by atoms with E-state index in [0.29, 0.717) is 23.7 Å². The van der Waals surface area contributed by atoms with E-state index in [-0.39, 0.29) is 18.4 Å². The topological polar surface area (TPSA) is 93.3 Å². The van der Waals surface area contributed by atoms with Crippen molar-refractivity contribution in [3.63, 3.8) is 0 Å². The molecule has 1 aliphatic heterocycles. The largest absolute Gasteiger partial charge is 0.454 e. The summed E-state index contributed by atoms with van der Waals surface area (Å²) in [7, 11) is -3.60. The van der Waals surface area contributed by atoms with E-state index in [4.69, 9.17) is 9.47 Å². The summed E-state index contributed by atoms with van der Waals surface area (Å²) >= 11 is 0. The van der Waals surface area contributed by atoms with Crippen LogP contribution in [0.4, 0.5) is 0 Å². The number of rotatable bonds is 5. The predicted molar refractivity (Wildman–Crippen MR) is 74.6 cm³/mol. The fourth-order valence-electron chi connectivity index (χ4n) is 1.97. The summed E-state index contributed by atoms with van der Waals surface area (Å²) < 4.78 is 37.3. The first-order valence-electron chi connectivity index (χ1n) is 6.50. The lowest BCUT2D eigenvalue weighted by Gasteiger charge is -2.05. The Hall–Kier alpha value is -2.06. The summed E-state index contributed by atoms with van der Waals surface area (Å²) in [6.07, 6.45) is 1.97. The number of aromatic amines is 1. The molecule has 0 amide bonds. The quantitative estimate of drug-likeness (QED) is 0.865. The molecule has 2 aromatic rings. The van der Waals surface area contributed by atoms with Crippen molar-refractivity contribution in [1.82, 2.24) is 14.7 Å². The molecule has 21 heavy (non-hydrogen) atoms. The van der Waals surface area contributed by atoms with E-state index < -0.39 is 10.0 Å². The van der Waals surface area contributed by atoms with Crippen LogP contribution in [0.15, 0.2) is 29.4 Å². The summed E-state index contributed by atoms with van der Waals surface area (Å²) in [5.41, 5.74) is 0.790. The van der Waals surface area contributed by atoms with E-state index in [1.165, 1.54) is 6.20 Å². The van der Waals surface area contributed by atoms with Crippen LogP contribution in [0.3, 0.4) is 0 Å². The van der Waals surface area contributed by atoms with E-state index in [9.17, 15) is 8.42 Å². The number of H-pyrrole nitrogens is 1.